The summed E-state index contributed by atoms with van der Waals surface area (Å²) in [4.78, 5) is 0. The Labute approximate surface area is 138 Å². The van der Waals surface area contributed by atoms with Crippen molar-refractivity contribution in [2.45, 2.75) is 97.4 Å². The van der Waals surface area contributed by atoms with Gasteiger partial charge in [-0.2, -0.15) is 11.8 Å². The summed E-state index contributed by atoms with van der Waals surface area (Å²) >= 11 is 2.03. The SMILES string of the molecule is CCCCCCCCCCCCC(CSCC(C)C)NN. The van der Waals surface area contributed by atoms with E-state index in [1.807, 2.05) is 11.8 Å². The van der Waals surface area contributed by atoms with Gasteiger partial charge in [0.1, 0.15) is 0 Å². The minimum absolute atomic E-state index is 0.503. The second-order valence-corrected chi connectivity index (χ2v) is 7.84. The number of unbranched alkanes of at least 4 members (excludes halogenated alkanes) is 9. The maximum Gasteiger partial charge on any atom is 0.0301 e. The van der Waals surface area contributed by atoms with Crippen LogP contribution >= 0.6 is 11.8 Å². The lowest BCUT2D eigenvalue weighted by Crippen LogP contribution is -2.37. The third-order valence-corrected chi connectivity index (χ3v) is 5.45. The van der Waals surface area contributed by atoms with Gasteiger partial charge in [0, 0.05) is 11.8 Å². The summed E-state index contributed by atoms with van der Waals surface area (Å²) in [5, 5.41) is 0. The molecule has 0 aromatic heterocycles. The number of thioether (sulfide) groups is 1. The number of hydrazine groups is 1. The molecule has 0 fully saturated rings. The summed E-state index contributed by atoms with van der Waals surface area (Å²) in [6, 6.07) is 0.503. The zero-order valence-electron chi connectivity index (χ0n) is 14.8. The van der Waals surface area contributed by atoms with Crippen LogP contribution in [0.3, 0.4) is 0 Å². The van der Waals surface area contributed by atoms with Crippen LogP contribution < -0.4 is 11.3 Å². The fourth-order valence-corrected chi connectivity index (χ4v) is 3.69. The summed E-state index contributed by atoms with van der Waals surface area (Å²) in [5.41, 5.74) is 2.99. The average Bonchev–Trinajstić information content (AvgIpc) is 2.47. The van der Waals surface area contributed by atoms with Crippen molar-refractivity contribution in [1.29, 1.82) is 0 Å². The molecule has 0 saturated carbocycles. The first-order valence-corrected chi connectivity index (χ1v) is 10.4. The van der Waals surface area contributed by atoms with Gasteiger partial charge in [-0.05, 0) is 18.1 Å². The van der Waals surface area contributed by atoms with E-state index in [2.05, 4.69) is 26.2 Å². The van der Waals surface area contributed by atoms with Crippen LogP contribution in [0.1, 0.15) is 91.4 Å². The standard InChI is InChI=1S/C18H40N2S/c1-4-5-6-7-8-9-10-11-12-13-14-18(20-19)16-21-15-17(2)3/h17-18,20H,4-16,19H2,1-3H3. The fourth-order valence-electron chi connectivity index (χ4n) is 2.54. The minimum atomic E-state index is 0.503. The minimum Gasteiger partial charge on any atom is -0.271 e. The molecule has 3 heteroatoms. The second kappa shape index (κ2) is 16.6. The molecule has 3 N–H and O–H groups in total. The van der Waals surface area contributed by atoms with Crippen LogP contribution in [0.25, 0.3) is 0 Å². The summed E-state index contributed by atoms with van der Waals surface area (Å²) in [5.74, 6) is 8.83. The second-order valence-electron chi connectivity index (χ2n) is 6.77. The normalized spacial score (nSPS) is 13.0. The lowest BCUT2D eigenvalue weighted by Gasteiger charge is -2.16. The third kappa shape index (κ3) is 16.5. The molecule has 0 heterocycles. The molecule has 0 rings (SSSR count). The summed E-state index contributed by atoms with van der Waals surface area (Å²) in [6.07, 6.45) is 15.3. The van der Waals surface area contributed by atoms with Crippen molar-refractivity contribution in [3.63, 3.8) is 0 Å². The topological polar surface area (TPSA) is 38.0 Å². The van der Waals surface area contributed by atoms with E-state index in [0.717, 1.165) is 11.7 Å². The highest BCUT2D eigenvalue weighted by atomic mass is 32.2. The van der Waals surface area contributed by atoms with Crippen molar-refractivity contribution in [2.24, 2.45) is 11.8 Å². The molecule has 0 aromatic rings. The van der Waals surface area contributed by atoms with Gasteiger partial charge in [-0.15, -0.1) is 0 Å². The maximum absolute atomic E-state index is 5.65. The first kappa shape index (κ1) is 21.3. The number of hydrogen-bond acceptors (Lipinski definition) is 3. The molecule has 2 nitrogen and oxygen atoms in total. The zero-order chi connectivity index (χ0) is 15.8. The first-order chi connectivity index (χ1) is 10.2. The van der Waals surface area contributed by atoms with Crippen molar-refractivity contribution >= 4 is 11.8 Å². The Balaban J connectivity index is 3.27. The molecule has 21 heavy (non-hydrogen) atoms. The Hall–Kier alpha value is 0.270. The van der Waals surface area contributed by atoms with E-state index in [9.17, 15) is 0 Å². The predicted molar refractivity (Wildman–Crippen MR) is 99.7 cm³/mol. The van der Waals surface area contributed by atoms with Gasteiger partial charge >= 0.3 is 0 Å². The van der Waals surface area contributed by atoms with Crippen LogP contribution in [0, 0.1) is 5.92 Å². The predicted octanol–water partition coefficient (Wildman–Crippen LogP) is 5.52. The monoisotopic (exact) mass is 316 g/mol. The molecule has 0 radical (unpaired) electrons. The smallest absolute Gasteiger partial charge is 0.0301 e. The van der Waals surface area contributed by atoms with Crippen molar-refractivity contribution in [3.05, 3.63) is 0 Å². The number of nitrogens with two attached hydrogens (primary N) is 1. The van der Waals surface area contributed by atoms with E-state index in [-0.39, 0.29) is 0 Å². The quantitative estimate of drug-likeness (QED) is 0.224. The third-order valence-electron chi connectivity index (χ3n) is 3.91. The van der Waals surface area contributed by atoms with Gasteiger partial charge in [-0.3, -0.25) is 11.3 Å². The molecule has 0 aliphatic carbocycles. The molecular formula is C18H40N2S. The highest BCUT2D eigenvalue weighted by molar-refractivity contribution is 7.99. The maximum atomic E-state index is 5.65. The Morgan fingerprint density at radius 3 is 1.81 bits per heavy atom. The van der Waals surface area contributed by atoms with Gasteiger partial charge in [0.05, 0.1) is 0 Å². The van der Waals surface area contributed by atoms with E-state index in [0.29, 0.717) is 6.04 Å². The zero-order valence-corrected chi connectivity index (χ0v) is 15.6. The number of nitrogens with one attached hydrogen (secondary N) is 1. The van der Waals surface area contributed by atoms with Crippen LogP contribution in [0.5, 0.6) is 0 Å². The fraction of sp³-hybridized carbons (Fsp3) is 1.00. The van der Waals surface area contributed by atoms with Crippen LogP contribution in [0.4, 0.5) is 0 Å². The van der Waals surface area contributed by atoms with Crippen molar-refractivity contribution in [2.75, 3.05) is 11.5 Å². The number of rotatable bonds is 16. The molecule has 0 aromatic carbocycles. The van der Waals surface area contributed by atoms with Crippen molar-refractivity contribution in [1.82, 2.24) is 5.43 Å². The van der Waals surface area contributed by atoms with Crippen LogP contribution in [-0.2, 0) is 0 Å². The van der Waals surface area contributed by atoms with Crippen LogP contribution in [-0.4, -0.2) is 17.5 Å². The molecule has 1 unspecified atom stereocenters. The van der Waals surface area contributed by atoms with Gasteiger partial charge in [0.2, 0.25) is 0 Å². The van der Waals surface area contributed by atoms with Gasteiger partial charge < -0.3 is 0 Å². The van der Waals surface area contributed by atoms with Gasteiger partial charge in [0.25, 0.3) is 0 Å². The lowest BCUT2D eigenvalue weighted by atomic mass is 10.0. The molecule has 0 spiro atoms. The Morgan fingerprint density at radius 2 is 1.33 bits per heavy atom. The van der Waals surface area contributed by atoms with E-state index in [1.165, 1.54) is 76.4 Å². The van der Waals surface area contributed by atoms with E-state index >= 15 is 0 Å². The molecule has 0 bridgehead atoms. The highest BCUT2D eigenvalue weighted by Crippen LogP contribution is 2.14. The summed E-state index contributed by atoms with van der Waals surface area (Å²) in [7, 11) is 0. The molecule has 0 aliphatic heterocycles. The number of hydrogen-bond donors (Lipinski definition) is 2. The summed E-state index contributed by atoms with van der Waals surface area (Å²) in [6.45, 7) is 6.84. The summed E-state index contributed by atoms with van der Waals surface area (Å²) < 4.78 is 0. The van der Waals surface area contributed by atoms with Gasteiger partial charge in [-0.25, -0.2) is 0 Å². The van der Waals surface area contributed by atoms with Crippen molar-refractivity contribution < 1.29 is 0 Å². The lowest BCUT2D eigenvalue weighted by molar-refractivity contribution is 0.489. The van der Waals surface area contributed by atoms with E-state index in [1.54, 1.807) is 0 Å². The van der Waals surface area contributed by atoms with E-state index < -0.39 is 0 Å². The van der Waals surface area contributed by atoms with Gasteiger partial charge in [0.15, 0.2) is 0 Å². The molecule has 0 saturated heterocycles. The van der Waals surface area contributed by atoms with Crippen LogP contribution in [0.2, 0.25) is 0 Å². The molecule has 1 atom stereocenters. The highest BCUT2D eigenvalue weighted by Gasteiger charge is 2.06. The van der Waals surface area contributed by atoms with E-state index in [4.69, 9.17) is 5.84 Å². The Kier molecular flexibility index (Phi) is 16.9. The molecular weight excluding hydrogens is 276 g/mol. The molecule has 0 amide bonds. The largest absolute Gasteiger partial charge is 0.271 e. The van der Waals surface area contributed by atoms with Crippen LogP contribution in [0.15, 0.2) is 0 Å². The Morgan fingerprint density at radius 1 is 0.810 bits per heavy atom. The van der Waals surface area contributed by atoms with Gasteiger partial charge in [-0.1, -0.05) is 85.0 Å². The average molecular weight is 317 g/mol. The Bertz CT molecular complexity index is 198. The first-order valence-electron chi connectivity index (χ1n) is 9.24. The molecule has 0 aliphatic rings. The molecule has 128 valence electrons. The van der Waals surface area contributed by atoms with Crippen molar-refractivity contribution in [3.8, 4) is 0 Å².